The van der Waals surface area contributed by atoms with Crippen molar-refractivity contribution in [3.8, 4) is 44.5 Å². The third-order valence-corrected chi connectivity index (χ3v) is 15.9. The largest absolute Gasteiger partial charge is 0.470 e. The van der Waals surface area contributed by atoms with Gasteiger partial charge in [0.2, 0.25) is 0 Å². The van der Waals surface area contributed by atoms with Crippen molar-refractivity contribution in [2.24, 2.45) is 0 Å². The molecule has 0 unspecified atom stereocenters. The summed E-state index contributed by atoms with van der Waals surface area (Å²) in [7, 11) is 0. The number of aryl methyl sites for hydroxylation is 8. The molecular formula is C120H160OSY4-8. The molecule has 2 aromatic heterocycles. The van der Waals surface area contributed by atoms with Gasteiger partial charge in [-0.2, -0.15) is 188 Å². The maximum atomic E-state index is 4.83. The van der Waals surface area contributed by atoms with Crippen molar-refractivity contribution in [3.05, 3.63) is 408 Å². The van der Waals surface area contributed by atoms with E-state index in [1.54, 1.807) is 17.6 Å². The first-order valence-corrected chi connectivity index (χ1v) is 46.4. The maximum Gasteiger partial charge on any atom is 0.100 e. The number of rotatable bonds is 4. The number of fused-ring (bicyclic) bond motifs is 6. The van der Waals surface area contributed by atoms with E-state index in [4.69, 9.17) is 4.42 Å². The molecule has 126 heavy (non-hydrogen) atoms. The molecular weight excluding hydrogens is 1850 g/mol. The molecule has 0 N–H and O–H groups in total. The monoisotopic (exact) mass is 2000 g/mol. The van der Waals surface area contributed by atoms with Crippen molar-refractivity contribution in [2.45, 2.75) is 249 Å². The minimum absolute atomic E-state index is 0. The van der Waals surface area contributed by atoms with Gasteiger partial charge in [-0.15, -0.1) is 63.9 Å². The fourth-order valence-corrected chi connectivity index (χ4v) is 10.6. The minimum Gasteiger partial charge on any atom is -0.470 e. The Kier molecular flexibility index (Phi) is 112. The molecule has 0 aliphatic rings. The third kappa shape index (κ3) is 60.4. The summed E-state index contributed by atoms with van der Waals surface area (Å²) in [5, 5.41) is 12.8. The molecule has 0 saturated heterocycles. The molecule has 16 aromatic rings. The predicted molar refractivity (Wildman–Crippen MR) is 561 cm³/mol. The topological polar surface area (TPSA) is 13.1 Å². The molecule has 1 nitrogen and oxygen atoms in total. The molecule has 672 valence electrons. The Hall–Kier alpha value is -6.48. The molecule has 0 saturated carbocycles. The van der Waals surface area contributed by atoms with Gasteiger partial charge < -0.3 is 4.42 Å². The van der Waals surface area contributed by atoms with Crippen molar-refractivity contribution in [3.63, 3.8) is 0 Å². The summed E-state index contributed by atoms with van der Waals surface area (Å²) >= 11 is 1.78. The normalized spacial score (nSPS) is 8.22. The Bertz CT molecular complexity index is 4590. The second kappa shape index (κ2) is 101. The van der Waals surface area contributed by atoms with Gasteiger partial charge in [0.1, 0.15) is 5.76 Å². The van der Waals surface area contributed by atoms with E-state index in [0.29, 0.717) is 0 Å². The Morgan fingerprint density at radius 3 is 0.817 bits per heavy atom. The van der Waals surface area contributed by atoms with Crippen LogP contribution in [0.4, 0.5) is 0 Å². The van der Waals surface area contributed by atoms with Gasteiger partial charge in [-0.3, -0.25) is 0 Å². The van der Waals surface area contributed by atoms with Crippen LogP contribution in [0.25, 0.3) is 87.6 Å². The number of furan rings is 1. The molecule has 0 amide bonds. The quantitative estimate of drug-likeness (QED) is 0.126. The molecule has 16 rings (SSSR count). The zero-order valence-electron chi connectivity index (χ0n) is 85.1. The molecule has 0 bridgehead atoms. The first kappa shape index (κ1) is 140. The first-order chi connectivity index (χ1) is 59.9. The van der Waals surface area contributed by atoms with Crippen LogP contribution >= 0.6 is 11.3 Å². The summed E-state index contributed by atoms with van der Waals surface area (Å²) in [6, 6.07) is 129. The summed E-state index contributed by atoms with van der Waals surface area (Å²) in [6.45, 7) is 72.6. The second-order valence-corrected chi connectivity index (χ2v) is 23.8. The van der Waals surface area contributed by atoms with Crippen LogP contribution in [-0.2, 0) is 131 Å². The average Bonchev–Trinajstić information content (AvgIpc) is 0.819. The van der Waals surface area contributed by atoms with E-state index in [0.717, 1.165) is 50.3 Å². The molecule has 0 atom stereocenters. The van der Waals surface area contributed by atoms with Gasteiger partial charge in [0.05, 0.1) is 6.26 Å². The Morgan fingerprint density at radius 2 is 0.508 bits per heavy atom. The van der Waals surface area contributed by atoms with Crippen molar-refractivity contribution in [1.29, 1.82) is 0 Å². The van der Waals surface area contributed by atoms with Crippen LogP contribution in [0.3, 0.4) is 0 Å². The van der Waals surface area contributed by atoms with Crippen LogP contribution in [0.5, 0.6) is 0 Å². The van der Waals surface area contributed by atoms with Crippen molar-refractivity contribution in [1.82, 2.24) is 0 Å². The summed E-state index contributed by atoms with van der Waals surface area (Å²) < 4.78 is 4.83. The molecule has 0 spiro atoms. The van der Waals surface area contributed by atoms with E-state index in [2.05, 4.69) is 266 Å². The fourth-order valence-electron chi connectivity index (χ4n) is 10.1. The van der Waals surface area contributed by atoms with Gasteiger partial charge >= 0.3 is 0 Å². The van der Waals surface area contributed by atoms with Crippen molar-refractivity contribution >= 4 is 54.4 Å². The smallest absolute Gasteiger partial charge is 0.100 e. The zero-order chi connectivity index (χ0) is 93.7. The summed E-state index contributed by atoms with van der Waals surface area (Å²) in [6.07, 6.45) is 1.66. The SMILES string of the molecule is CC.CC.CC.CC.CC.CC.CC.CC.CC.CC.CC.CC.CC.CC.Cc1c[c-]c(-c2[c-]cccc2)cc1.Cc1c[c-]c(-c2[c-]cccc2)cc1.Cc1c[c-]c(-c2[c-]cccc2)cc1.Cc1cc2ccccc2c2ccccc12.Cc1cc[c-]c(-c2[c-]cccc2)c1.Cc1ccc2c(ccc3ccccc32)c1.Cc1ccco1.Cc1cccs1.[Y].[Y].[Y].[Y]. The summed E-state index contributed by atoms with van der Waals surface area (Å²) in [5.41, 5.74) is 16.5. The van der Waals surface area contributed by atoms with Gasteiger partial charge in [0, 0.05) is 136 Å². The van der Waals surface area contributed by atoms with E-state index in [1.165, 1.54) is 81.3 Å². The summed E-state index contributed by atoms with van der Waals surface area (Å²) in [4.78, 5) is 1.38. The van der Waals surface area contributed by atoms with Crippen LogP contribution in [0.15, 0.2) is 319 Å². The number of thiophene rings is 1. The van der Waals surface area contributed by atoms with Crippen LogP contribution < -0.4 is 0 Å². The van der Waals surface area contributed by atoms with E-state index in [-0.39, 0.29) is 131 Å². The number of hydrogen-bond donors (Lipinski definition) is 0. The van der Waals surface area contributed by atoms with Gasteiger partial charge in [-0.25, -0.2) is 44.5 Å². The van der Waals surface area contributed by atoms with Gasteiger partial charge in [0.15, 0.2) is 0 Å². The van der Waals surface area contributed by atoms with Crippen molar-refractivity contribution < 1.29 is 135 Å². The molecule has 4 radical (unpaired) electrons. The molecule has 2 heterocycles. The number of hydrogen-bond acceptors (Lipinski definition) is 2. The first-order valence-electron chi connectivity index (χ1n) is 45.5. The average molecular weight is 2010 g/mol. The Morgan fingerprint density at radius 1 is 0.206 bits per heavy atom. The molecule has 0 aliphatic carbocycles. The van der Waals surface area contributed by atoms with Crippen molar-refractivity contribution in [2.75, 3.05) is 0 Å². The summed E-state index contributed by atoms with van der Waals surface area (Å²) in [5.74, 6) is 0.968. The minimum atomic E-state index is 0. The van der Waals surface area contributed by atoms with Crippen LogP contribution in [0.1, 0.15) is 238 Å². The molecule has 6 heteroatoms. The van der Waals surface area contributed by atoms with Crippen LogP contribution in [0, 0.1) is 104 Å². The Balaban J connectivity index is -0.000000147. The Labute approximate surface area is 880 Å². The molecule has 0 aliphatic heterocycles. The third-order valence-electron chi connectivity index (χ3n) is 15.1. The van der Waals surface area contributed by atoms with Gasteiger partial charge in [0.25, 0.3) is 0 Å². The number of benzene rings is 14. The predicted octanol–water partition coefficient (Wildman–Crippen LogP) is 39.7. The fraction of sp³-hybridized carbons (Fsp3) is 0.300. The van der Waals surface area contributed by atoms with E-state index < -0.39 is 0 Å². The van der Waals surface area contributed by atoms with E-state index >= 15 is 0 Å². The van der Waals surface area contributed by atoms with Gasteiger partial charge in [-0.05, 0) is 99.9 Å². The van der Waals surface area contributed by atoms with Crippen LogP contribution in [-0.4, -0.2) is 0 Å². The zero-order valence-corrected chi connectivity index (χ0v) is 97.3. The van der Waals surface area contributed by atoms with Crippen LogP contribution in [0.2, 0.25) is 0 Å². The van der Waals surface area contributed by atoms with E-state index in [9.17, 15) is 0 Å². The second-order valence-electron chi connectivity index (χ2n) is 22.6. The molecule has 14 aromatic carbocycles. The van der Waals surface area contributed by atoms with Gasteiger partial charge in [-0.1, -0.05) is 342 Å². The maximum absolute atomic E-state index is 4.83. The standard InChI is InChI=1S/2C15H12.4C13H10.C5H6O.C5H6S.14C2H6.4Y/c1-11-10-12-6-2-3-8-14(12)15-9-5-4-7-13(11)15;1-11-6-9-15-13(10-11)8-7-12-4-2-3-5-14(12)15;1-11-6-5-9-13(10-11)12-7-3-2-4-8-12;3*1-11-7-9-13(10-8-11)12-5-3-2-4-6-12;2*1-5-3-2-4-6-5;14*1-2;;;;/h2*2-10H,1H3;2-7,10H,1H3;3*2-5,7-9H,1H3;2*2-4H,1H3;14*1-2H3;;;;/q;;4*-2;;;;;;;;;;;;;;;;;;;;. The molecule has 0 fully saturated rings. The van der Waals surface area contributed by atoms with E-state index in [1.807, 2.05) is 340 Å².